The normalized spacial score (nSPS) is 47.4. The van der Waals surface area contributed by atoms with Crippen LogP contribution < -0.4 is 5.32 Å². The Morgan fingerprint density at radius 3 is 2.21 bits per heavy atom. The third kappa shape index (κ3) is 2.91. The predicted octanol–water partition coefficient (Wildman–Crippen LogP) is 3.58. The summed E-state index contributed by atoms with van der Waals surface area (Å²) >= 11 is 0. The Labute approximate surface area is 146 Å². The lowest BCUT2D eigenvalue weighted by Gasteiger charge is -2.57. The van der Waals surface area contributed by atoms with Crippen LogP contribution in [0.2, 0.25) is 0 Å². The summed E-state index contributed by atoms with van der Waals surface area (Å²) in [6.07, 6.45) is 15.2. The second kappa shape index (κ2) is 6.00. The molecule has 1 aliphatic heterocycles. The van der Waals surface area contributed by atoms with Gasteiger partial charge in [-0.2, -0.15) is 0 Å². The second-order valence-corrected chi connectivity index (χ2v) is 10.1. The Balaban J connectivity index is 1.18. The molecule has 5 saturated carbocycles. The molecule has 1 saturated heterocycles. The van der Waals surface area contributed by atoms with Gasteiger partial charge in [-0.25, -0.2) is 0 Å². The fraction of sp³-hybridized carbons (Fsp3) is 0.952. The molecule has 24 heavy (non-hydrogen) atoms. The molecule has 2 atom stereocenters. The summed E-state index contributed by atoms with van der Waals surface area (Å²) in [5.41, 5.74) is 0.189. The smallest absolute Gasteiger partial charge is 0.234 e. The van der Waals surface area contributed by atoms with Gasteiger partial charge in [0.05, 0.1) is 6.54 Å². The van der Waals surface area contributed by atoms with Gasteiger partial charge in [0.2, 0.25) is 5.91 Å². The van der Waals surface area contributed by atoms with E-state index in [1.807, 2.05) is 0 Å². The summed E-state index contributed by atoms with van der Waals surface area (Å²) in [7, 11) is 0. The van der Waals surface area contributed by atoms with Crippen LogP contribution in [0.3, 0.4) is 0 Å². The maximum Gasteiger partial charge on any atom is 0.234 e. The lowest BCUT2D eigenvalue weighted by atomic mass is 9.53. The first-order valence-electron chi connectivity index (χ1n) is 10.7. The molecule has 0 radical (unpaired) electrons. The summed E-state index contributed by atoms with van der Waals surface area (Å²) < 4.78 is 0. The number of likely N-dealkylation sites (tertiary alicyclic amines) is 1. The number of carbonyl (C=O) groups excluding carboxylic acids is 1. The van der Waals surface area contributed by atoms with Crippen molar-refractivity contribution in [3.05, 3.63) is 0 Å². The molecule has 1 heterocycles. The zero-order valence-corrected chi connectivity index (χ0v) is 15.1. The second-order valence-electron chi connectivity index (χ2n) is 10.1. The van der Waals surface area contributed by atoms with Crippen LogP contribution in [0, 0.1) is 29.6 Å². The van der Waals surface area contributed by atoms with Crippen molar-refractivity contribution in [1.29, 1.82) is 0 Å². The van der Waals surface area contributed by atoms with Gasteiger partial charge in [-0.05, 0) is 87.5 Å². The molecule has 6 aliphatic rings. The molecule has 0 aromatic heterocycles. The van der Waals surface area contributed by atoms with Crippen LogP contribution in [-0.4, -0.2) is 36.0 Å². The maximum absolute atomic E-state index is 12.8. The van der Waals surface area contributed by atoms with E-state index in [1.165, 1.54) is 77.2 Å². The SMILES string of the molecule is O=C(CN1CC[C@@H]2CCCC[C@H]2C1)NC12CC3CC(CC(C3)C1)C2. The van der Waals surface area contributed by atoms with Crippen molar-refractivity contribution < 1.29 is 4.79 Å². The van der Waals surface area contributed by atoms with Crippen molar-refractivity contribution >= 4 is 5.91 Å². The van der Waals surface area contributed by atoms with E-state index in [-0.39, 0.29) is 5.54 Å². The third-order valence-electron chi connectivity index (χ3n) is 8.19. The van der Waals surface area contributed by atoms with Crippen LogP contribution in [0.4, 0.5) is 0 Å². The van der Waals surface area contributed by atoms with Gasteiger partial charge in [-0.1, -0.05) is 19.3 Å². The van der Waals surface area contributed by atoms with Crippen molar-refractivity contribution in [2.75, 3.05) is 19.6 Å². The van der Waals surface area contributed by atoms with Crippen molar-refractivity contribution in [3.8, 4) is 0 Å². The highest BCUT2D eigenvalue weighted by Gasteiger charge is 2.51. The molecule has 134 valence electrons. The van der Waals surface area contributed by atoms with E-state index in [9.17, 15) is 4.79 Å². The number of nitrogens with one attached hydrogen (secondary N) is 1. The fourth-order valence-corrected chi connectivity index (χ4v) is 7.62. The number of hydrogen-bond donors (Lipinski definition) is 1. The molecular weight excluding hydrogens is 296 g/mol. The average Bonchev–Trinajstić information content (AvgIpc) is 2.52. The third-order valence-corrected chi connectivity index (χ3v) is 8.19. The quantitative estimate of drug-likeness (QED) is 0.858. The Bertz CT molecular complexity index is 467. The average molecular weight is 331 g/mol. The highest BCUT2D eigenvalue weighted by Crippen LogP contribution is 2.55. The van der Waals surface area contributed by atoms with Gasteiger partial charge in [0.1, 0.15) is 0 Å². The zero-order valence-electron chi connectivity index (χ0n) is 15.1. The van der Waals surface area contributed by atoms with E-state index in [2.05, 4.69) is 10.2 Å². The first-order valence-corrected chi connectivity index (χ1v) is 10.7. The van der Waals surface area contributed by atoms with Crippen molar-refractivity contribution in [2.24, 2.45) is 29.6 Å². The number of nitrogens with zero attached hydrogens (tertiary/aromatic N) is 1. The molecule has 1 N–H and O–H groups in total. The fourth-order valence-electron chi connectivity index (χ4n) is 7.62. The Morgan fingerprint density at radius 2 is 1.54 bits per heavy atom. The Morgan fingerprint density at radius 1 is 0.917 bits per heavy atom. The summed E-state index contributed by atoms with van der Waals surface area (Å²) in [4.78, 5) is 15.3. The molecule has 1 amide bonds. The standard InChI is InChI=1S/C21H34N2O/c24-20(14-23-6-5-18-3-1-2-4-19(18)13-23)22-21-10-15-7-16(11-21)9-17(8-15)12-21/h15-19H,1-14H2,(H,22,24)/t15?,16?,17?,18-,19-,21?/m0/s1. The van der Waals surface area contributed by atoms with Crippen molar-refractivity contribution in [2.45, 2.75) is 76.2 Å². The van der Waals surface area contributed by atoms with Crippen LogP contribution in [0.15, 0.2) is 0 Å². The van der Waals surface area contributed by atoms with E-state index >= 15 is 0 Å². The van der Waals surface area contributed by atoms with Crippen LogP contribution in [0.25, 0.3) is 0 Å². The number of fused-ring (bicyclic) bond motifs is 1. The molecule has 3 heteroatoms. The topological polar surface area (TPSA) is 32.3 Å². The van der Waals surface area contributed by atoms with E-state index in [1.54, 1.807) is 0 Å². The van der Waals surface area contributed by atoms with Gasteiger partial charge < -0.3 is 5.32 Å². The highest BCUT2D eigenvalue weighted by molar-refractivity contribution is 5.79. The Hall–Kier alpha value is -0.570. The summed E-state index contributed by atoms with van der Waals surface area (Å²) in [5, 5.41) is 3.56. The van der Waals surface area contributed by atoms with E-state index in [0.29, 0.717) is 12.5 Å². The molecule has 6 fully saturated rings. The van der Waals surface area contributed by atoms with Gasteiger partial charge in [0.15, 0.2) is 0 Å². The van der Waals surface area contributed by atoms with Crippen LogP contribution >= 0.6 is 0 Å². The molecule has 3 nitrogen and oxygen atoms in total. The first-order chi connectivity index (χ1) is 11.7. The minimum absolute atomic E-state index is 0.189. The monoisotopic (exact) mass is 330 g/mol. The molecule has 6 rings (SSSR count). The van der Waals surface area contributed by atoms with Gasteiger partial charge in [0, 0.05) is 12.1 Å². The molecule has 5 aliphatic carbocycles. The summed E-state index contributed by atoms with van der Waals surface area (Å²) in [5.74, 6) is 4.89. The lowest BCUT2D eigenvalue weighted by Crippen LogP contribution is -2.61. The minimum Gasteiger partial charge on any atom is -0.350 e. The largest absolute Gasteiger partial charge is 0.350 e. The number of amides is 1. The Kier molecular flexibility index (Phi) is 3.92. The van der Waals surface area contributed by atoms with Crippen LogP contribution in [-0.2, 0) is 4.79 Å². The van der Waals surface area contributed by atoms with Crippen molar-refractivity contribution in [3.63, 3.8) is 0 Å². The van der Waals surface area contributed by atoms with E-state index < -0.39 is 0 Å². The van der Waals surface area contributed by atoms with Crippen LogP contribution in [0.1, 0.15) is 70.6 Å². The molecule has 0 aromatic carbocycles. The van der Waals surface area contributed by atoms with E-state index in [0.717, 1.165) is 36.1 Å². The van der Waals surface area contributed by atoms with Crippen molar-refractivity contribution in [1.82, 2.24) is 10.2 Å². The maximum atomic E-state index is 12.8. The predicted molar refractivity (Wildman–Crippen MR) is 95.6 cm³/mol. The molecule has 0 unspecified atom stereocenters. The van der Waals surface area contributed by atoms with Gasteiger partial charge in [0.25, 0.3) is 0 Å². The number of piperidine rings is 1. The number of hydrogen-bond acceptors (Lipinski definition) is 2. The first kappa shape index (κ1) is 15.7. The molecule has 4 bridgehead atoms. The molecule has 0 aromatic rings. The molecular formula is C21H34N2O. The summed E-state index contributed by atoms with van der Waals surface area (Å²) in [6.45, 7) is 2.99. The van der Waals surface area contributed by atoms with Crippen LogP contribution in [0.5, 0.6) is 0 Å². The highest BCUT2D eigenvalue weighted by atomic mass is 16.2. The van der Waals surface area contributed by atoms with Gasteiger partial charge >= 0.3 is 0 Å². The minimum atomic E-state index is 0.189. The number of carbonyl (C=O) groups is 1. The lowest BCUT2D eigenvalue weighted by molar-refractivity contribution is -0.128. The zero-order chi connectivity index (χ0) is 16.1. The molecule has 0 spiro atoms. The van der Waals surface area contributed by atoms with E-state index in [4.69, 9.17) is 0 Å². The van der Waals surface area contributed by atoms with Gasteiger partial charge in [-0.3, -0.25) is 9.69 Å². The number of rotatable bonds is 3. The summed E-state index contributed by atoms with van der Waals surface area (Å²) in [6, 6.07) is 0. The van der Waals surface area contributed by atoms with Gasteiger partial charge in [-0.15, -0.1) is 0 Å².